The van der Waals surface area contributed by atoms with Gasteiger partial charge < -0.3 is 9.47 Å². The fourth-order valence-corrected chi connectivity index (χ4v) is 1.40. The quantitative estimate of drug-likeness (QED) is 0.307. The van der Waals surface area contributed by atoms with Gasteiger partial charge in [-0.05, 0) is 0 Å². The largest absolute Gasteiger partial charge is 0.466 e. The van der Waals surface area contributed by atoms with Gasteiger partial charge in [-0.25, -0.2) is 14.2 Å². The number of hydrogen-bond donors (Lipinski definition) is 0. The van der Waals surface area contributed by atoms with Crippen molar-refractivity contribution in [1.29, 1.82) is 0 Å². The highest BCUT2D eigenvalue weighted by atomic mass is 79.9. The normalized spacial score (nSPS) is 8.50. The number of rotatable bonds is 5. The van der Waals surface area contributed by atoms with E-state index in [1.807, 2.05) is 35.2 Å². The zero-order chi connectivity index (χ0) is 16.3. The third kappa shape index (κ3) is 9.46. The third-order valence-corrected chi connectivity index (χ3v) is 2.94. The van der Waals surface area contributed by atoms with Crippen LogP contribution in [0.2, 0.25) is 0 Å². The summed E-state index contributed by atoms with van der Waals surface area (Å²) in [6.07, 6.45) is 3.74. The van der Waals surface area contributed by atoms with Gasteiger partial charge in [0.05, 0.1) is 19.8 Å². The van der Waals surface area contributed by atoms with E-state index in [2.05, 4.69) is 38.6 Å². The summed E-state index contributed by atoms with van der Waals surface area (Å²) in [6, 6.07) is 5.70. The Kier molecular flexibility index (Phi) is 13.7. The van der Waals surface area contributed by atoms with Gasteiger partial charge in [0, 0.05) is 23.0 Å². The van der Waals surface area contributed by atoms with Crippen molar-refractivity contribution in [2.24, 2.45) is 0 Å². The molecule has 0 fully saturated rings. The molecule has 0 saturated carbocycles. The van der Waals surface area contributed by atoms with Crippen molar-refractivity contribution in [2.75, 3.05) is 19.5 Å². The summed E-state index contributed by atoms with van der Waals surface area (Å²) in [5, 5.41) is 0.472. The van der Waals surface area contributed by atoms with Gasteiger partial charge in [-0.15, -0.1) is 17.0 Å². The number of carbonyl (C=O) groups is 2. The van der Waals surface area contributed by atoms with Crippen LogP contribution in [0.3, 0.4) is 0 Å². The Morgan fingerprint density at radius 2 is 1.45 bits per heavy atom. The minimum atomic E-state index is -0.364. The molecule has 0 bridgehead atoms. The van der Waals surface area contributed by atoms with E-state index in [0.29, 0.717) is 23.0 Å². The minimum Gasteiger partial charge on any atom is -0.466 e. The molecule has 1 rings (SSSR count). The van der Waals surface area contributed by atoms with E-state index in [1.54, 1.807) is 0 Å². The van der Waals surface area contributed by atoms with Gasteiger partial charge >= 0.3 is 11.9 Å². The molecular weight excluding hydrogens is 418 g/mol. The summed E-state index contributed by atoms with van der Waals surface area (Å²) >= 11 is 3.06. The van der Waals surface area contributed by atoms with Crippen LogP contribution >= 0.6 is 32.9 Å². The van der Waals surface area contributed by atoms with Gasteiger partial charge in [-0.1, -0.05) is 35.2 Å². The van der Waals surface area contributed by atoms with Crippen molar-refractivity contribution in [3.05, 3.63) is 54.9 Å². The second-order valence-electron chi connectivity index (χ2n) is 3.87. The van der Waals surface area contributed by atoms with E-state index in [9.17, 15) is 9.59 Å². The Hall–Kier alpha value is -1.47. The maximum atomic E-state index is 11.0. The average molecular weight is 438 g/mol. The summed E-state index contributed by atoms with van der Waals surface area (Å²) < 4.78 is 10.7. The van der Waals surface area contributed by atoms with E-state index < -0.39 is 0 Å². The first-order valence-electron chi connectivity index (χ1n) is 5.98. The van der Waals surface area contributed by atoms with E-state index >= 15 is 0 Å². The molecule has 0 atom stereocenters. The van der Waals surface area contributed by atoms with E-state index in [-0.39, 0.29) is 28.9 Å². The summed E-state index contributed by atoms with van der Waals surface area (Å²) in [5.41, 5.74) is 0.881. The Labute approximate surface area is 149 Å². The third-order valence-electron chi connectivity index (χ3n) is 2.26. The molecule has 122 valence electrons. The number of aromatic nitrogens is 1. The first kappa shape index (κ1) is 22.8. The van der Waals surface area contributed by atoms with Crippen LogP contribution in [-0.4, -0.2) is 31.5 Å². The molecule has 0 saturated heterocycles. The molecule has 1 aromatic heterocycles. The molecule has 5 nitrogen and oxygen atoms in total. The summed E-state index contributed by atoms with van der Waals surface area (Å²) in [7, 11) is 2.68. The van der Waals surface area contributed by atoms with Crippen LogP contribution in [0.5, 0.6) is 0 Å². The maximum absolute atomic E-state index is 11.0. The lowest BCUT2D eigenvalue weighted by atomic mass is 10.3. The minimum absolute atomic E-state index is 0. The topological polar surface area (TPSA) is 56.5 Å². The molecule has 0 aliphatic carbocycles. The molecule has 0 radical (unpaired) electrons. The Balaban J connectivity index is 0. The second kappa shape index (κ2) is 13.2. The lowest BCUT2D eigenvalue weighted by Gasteiger charge is -1.98. The van der Waals surface area contributed by atoms with Gasteiger partial charge in [-0.3, -0.25) is 0 Å². The highest BCUT2D eigenvalue weighted by Crippen LogP contribution is 1.96. The van der Waals surface area contributed by atoms with Gasteiger partial charge in [-0.2, -0.15) is 0 Å². The molecule has 1 heterocycles. The van der Waals surface area contributed by atoms with Crippen LogP contribution in [0.25, 0.3) is 0 Å². The predicted octanol–water partition coefficient (Wildman–Crippen LogP) is 2.39. The number of methoxy groups -OCH3 is 2. The van der Waals surface area contributed by atoms with Gasteiger partial charge in [0.15, 0.2) is 18.9 Å². The molecule has 0 unspecified atom stereocenters. The zero-order valence-corrected chi connectivity index (χ0v) is 15.9. The van der Waals surface area contributed by atoms with Gasteiger partial charge in [0.25, 0.3) is 0 Å². The van der Waals surface area contributed by atoms with Crippen LogP contribution in [0.4, 0.5) is 0 Å². The molecule has 7 heteroatoms. The molecule has 0 spiro atoms. The smallest absolute Gasteiger partial charge is 0.339 e. The summed E-state index contributed by atoms with van der Waals surface area (Å²) in [6.45, 7) is 7.51. The van der Waals surface area contributed by atoms with Gasteiger partial charge in [0.1, 0.15) is 0 Å². The van der Waals surface area contributed by atoms with Crippen molar-refractivity contribution >= 4 is 44.9 Å². The number of pyridine rings is 1. The van der Waals surface area contributed by atoms with Crippen molar-refractivity contribution in [3.63, 3.8) is 0 Å². The Morgan fingerprint density at radius 3 is 1.82 bits per heavy atom. The highest BCUT2D eigenvalue weighted by Gasteiger charge is 2.10. The molecule has 0 amide bonds. The van der Waals surface area contributed by atoms with Crippen molar-refractivity contribution in [1.82, 2.24) is 0 Å². The van der Waals surface area contributed by atoms with E-state index in [1.165, 1.54) is 14.2 Å². The molecular formula is C15H20Br2NO4+. The molecule has 0 aliphatic rings. The average Bonchev–Trinajstić information content (AvgIpc) is 2.53. The molecule has 0 aromatic carbocycles. The fourth-order valence-electron chi connectivity index (χ4n) is 1.17. The number of carbonyl (C=O) groups excluding carboxylic acids is 2. The van der Waals surface area contributed by atoms with E-state index in [4.69, 9.17) is 0 Å². The molecule has 0 N–H and O–H groups in total. The standard InChI is InChI=1S/C10H12NO2.C5H7BrO2.BrH/c1-9(10(12)13-2)8-11-6-4-3-5-7-11;1-4(3-6)5(7)8-2;/h3-7H,1,8H2,2H3;1,3H2,2H3;1H/q+1;;. The number of ether oxygens (including phenoxy) is 2. The number of hydrogen-bond acceptors (Lipinski definition) is 4. The van der Waals surface area contributed by atoms with Crippen LogP contribution in [0.15, 0.2) is 54.9 Å². The van der Waals surface area contributed by atoms with Crippen molar-refractivity contribution in [3.8, 4) is 0 Å². The second-order valence-corrected chi connectivity index (χ2v) is 4.43. The lowest BCUT2D eigenvalue weighted by Crippen LogP contribution is -2.34. The zero-order valence-electron chi connectivity index (χ0n) is 12.6. The fraction of sp³-hybridized carbons (Fsp3) is 0.267. The maximum Gasteiger partial charge on any atom is 0.339 e. The summed E-state index contributed by atoms with van der Waals surface area (Å²) in [5.74, 6) is -0.724. The molecule has 0 aliphatic heterocycles. The van der Waals surface area contributed by atoms with E-state index in [0.717, 1.165) is 0 Å². The number of alkyl halides is 1. The summed E-state index contributed by atoms with van der Waals surface area (Å²) in [4.78, 5) is 21.4. The molecule has 22 heavy (non-hydrogen) atoms. The van der Waals surface area contributed by atoms with Crippen LogP contribution < -0.4 is 4.57 Å². The van der Waals surface area contributed by atoms with Crippen LogP contribution in [0.1, 0.15) is 0 Å². The first-order valence-corrected chi connectivity index (χ1v) is 7.10. The van der Waals surface area contributed by atoms with Crippen LogP contribution in [0, 0.1) is 0 Å². The van der Waals surface area contributed by atoms with Crippen LogP contribution in [-0.2, 0) is 25.6 Å². The Bertz CT molecular complexity index is 490. The molecule has 1 aromatic rings. The SMILES string of the molecule is Br.C=C(CBr)C(=O)OC.C=C(C[n+]1ccccc1)C(=O)OC. The van der Waals surface area contributed by atoms with Crippen molar-refractivity contribution in [2.45, 2.75) is 6.54 Å². The van der Waals surface area contributed by atoms with Crippen molar-refractivity contribution < 1.29 is 23.6 Å². The highest BCUT2D eigenvalue weighted by molar-refractivity contribution is 9.09. The Morgan fingerprint density at radius 1 is 1.00 bits per heavy atom. The monoisotopic (exact) mass is 436 g/mol. The van der Waals surface area contributed by atoms with Gasteiger partial charge in [0.2, 0.25) is 0 Å². The number of esters is 2. The first-order chi connectivity index (χ1) is 9.96. The number of halogens is 2. The predicted molar refractivity (Wildman–Crippen MR) is 93.1 cm³/mol. The lowest BCUT2D eigenvalue weighted by molar-refractivity contribution is -0.688. The number of nitrogens with zero attached hydrogens (tertiary/aromatic N) is 1.